The Labute approximate surface area is 85.6 Å². The summed E-state index contributed by atoms with van der Waals surface area (Å²) in [5, 5.41) is 2.12. The summed E-state index contributed by atoms with van der Waals surface area (Å²) >= 11 is 0. The minimum Gasteiger partial charge on any atom is -0.295 e. The number of nitrogens with zero attached hydrogens (tertiary/aromatic N) is 1. The molecular weight excluding hydrogens is 200 g/mol. The van der Waals surface area contributed by atoms with Crippen molar-refractivity contribution in [3.8, 4) is 0 Å². The van der Waals surface area contributed by atoms with Crippen molar-refractivity contribution in [2.45, 2.75) is 31.7 Å². The molecule has 0 aliphatic carbocycles. The van der Waals surface area contributed by atoms with Crippen LogP contribution in [0.25, 0.3) is 0 Å². The lowest BCUT2D eigenvalue weighted by molar-refractivity contribution is -0.150. The Bertz CT molecular complexity index is 347. The van der Waals surface area contributed by atoms with Crippen LogP contribution in [0, 0.1) is 0 Å². The second-order valence-electron chi connectivity index (χ2n) is 3.62. The molecule has 2 fully saturated rings. The van der Waals surface area contributed by atoms with Crippen LogP contribution in [0.4, 0.5) is 0 Å². The minimum atomic E-state index is -0.787. The quantitative estimate of drug-likeness (QED) is 0.559. The third-order valence-electron chi connectivity index (χ3n) is 2.61. The van der Waals surface area contributed by atoms with Gasteiger partial charge in [-0.05, 0) is 6.42 Å². The highest BCUT2D eigenvalue weighted by Gasteiger charge is 2.40. The van der Waals surface area contributed by atoms with Gasteiger partial charge in [0.1, 0.15) is 6.04 Å². The summed E-state index contributed by atoms with van der Waals surface area (Å²) in [6, 6.07) is -0.787. The molecule has 6 nitrogen and oxygen atoms in total. The number of likely N-dealkylation sites (tertiary alicyclic amines) is 1. The first-order chi connectivity index (χ1) is 7.09. The standard InChI is InChI=1S/C9H10N2O4/c12-6-2-1-5(9(15)10-6)11-7(13)3-4-8(11)14/h5H,1-4H2,(H,10,12,15)/t5-/m0/s1. The van der Waals surface area contributed by atoms with Crippen molar-refractivity contribution in [3.63, 3.8) is 0 Å². The normalized spacial score (nSPS) is 27.2. The average Bonchev–Trinajstić information content (AvgIpc) is 2.48. The van der Waals surface area contributed by atoms with Gasteiger partial charge in [-0.1, -0.05) is 0 Å². The number of hydrogen-bond donors (Lipinski definition) is 1. The monoisotopic (exact) mass is 210 g/mol. The van der Waals surface area contributed by atoms with Gasteiger partial charge < -0.3 is 0 Å². The molecule has 80 valence electrons. The molecule has 2 aliphatic heterocycles. The molecule has 2 aliphatic rings. The van der Waals surface area contributed by atoms with E-state index in [1.807, 2.05) is 0 Å². The minimum absolute atomic E-state index is 0.163. The van der Waals surface area contributed by atoms with Gasteiger partial charge in [-0.25, -0.2) is 0 Å². The van der Waals surface area contributed by atoms with E-state index in [1.54, 1.807) is 0 Å². The fourth-order valence-corrected chi connectivity index (χ4v) is 1.87. The Balaban J connectivity index is 2.16. The molecule has 0 radical (unpaired) electrons. The number of piperidine rings is 1. The molecular formula is C9H10N2O4. The largest absolute Gasteiger partial charge is 0.295 e. The summed E-state index contributed by atoms with van der Waals surface area (Å²) in [6.45, 7) is 0. The molecule has 4 amide bonds. The molecule has 0 aromatic rings. The van der Waals surface area contributed by atoms with Gasteiger partial charge in [-0.15, -0.1) is 0 Å². The molecule has 2 rings (SSSR count). The highest BCUT2D eigenvalue weighted by Crippen LogP contribution is 2.20. The number of carbonyl (C=O) groups is 4. The second-order valence-corrected chi connectivity index (χ2v) is 3.62. The Hall–Kier alpha value is -1.72. The average molecular weight is 210 g/mol. The van der Waals surface area contributed by atoms with Crippen LogP contribution >= 0.6 is 0 Å². The summed E-state index contributed by atoms with van der Waals surface area (Å²) in [6.07, 6.45) is 0.739. The molecule has 0 bridgehead atoms. The number of carbonyl (C=O) groups excluding carboxylic acids is 4. The molecule has 0 saturated carbocycles. The van der Waals surface area contributed by atoms with E-state index >= 15 is 0 Å². The van der Waals surface area contributed by atoms with Crippen LogP contribution in [-0.4, -0.2) is 34.6 Å². The van der Waals surface area contributed by atoms with E-state index in [0.717, 1.165) is 4.90 Å². The molecule has 0 aromatic carbocycles. The van der Waals surface area contributed by atoms with E-state index in [9.17, 15) is 19.2 Å². The SMILES string of the molecule is O=C1CC[C@H](N2C(=O)CCC2=O)C(=O)N1. The fraction of sp³-hybridized carbons (Fsp3) is 0.556. The van der Waals surface area contributed by atoms with Crippen LogP contribution in [0.2, 0.25) is 0 Å². The summed E-state index contributed by atoms with van der Waals surface area (Å²) in [7, 11) is 0. The van der Waals surface area contributed by atoms with E-state index in [-0.39, 0.29) is 43.4 Å². The molecule has 1 N–H and O–H groups in total. The van der Waals surface area contributed by atoms with Gasteiger partial charge >= 0.3 is 0 Å². The van der Waals surface area contributed by atoms with Crippen LogP contribution in [-0.2, 0) is 19.2 Å². The van der Waals surface area contributed by atoms with E-state index < -0.39 is 11.9 Å². The first-order valence-electron chi connectivity index (χ1n) is 4.78. The number of rotatable bonds is 1. The molecule has 1 atom stereocenters. The maximum atomic E-state index is 11.4. The van der Waals surface area contributed by atoms with Crippen molar-refractivity contribution < 1.29 is 19.2 Å². The molecule has 2 heterocycles. The number of amides is 4. The van der Waals surface area contributed by atoms with E-state index in [2.05, 4.69) is 5.32 Å². The summed E-state index contributed by atoms with van der Waals surface area (Å²) < 4.78 is 0. The van der Waals surface area contributed by atoms with Crippen LogP contribution in [0.15, 0.2) is 0 Å². The lowest BCUT2D eigenvalue weighted by atomic mass is 10.0. The van der Waals surface area contributed by atoms with Crippen molar-refractivity contribution in [2.75, 3.05) is 0 Å². The van der Waals surface area contributed by atoms with Crippen molar-refractivity contribution in [1.82, 2.24) is 10.2 Å². The van der Waals surface area contributed by atoms with E-state index in [1.165, 1.54) is 0 Å². The topological polar surface area (TPSA) is 83.6 Å². The predicted molar refractivity (Wildman–Crippen MR) is 47.3 cm³/mol. The molecule has 6 heteroatoms. The zero-order valence-corrected chi connectivity index (χ0v) is 7.99. The van der Waals surface area contributed by atoms with Gasteiger partial charge in [-0.2, -0.15) is 0 Å². The third-order valence-corrected chi connectivity index (χ3v) is 2.61. The lowest BCUT2D eigenvalue weighted by Gasteiger charge is -2.27. The van der Waals surface area contributed by atoms with Crippen LogP contribution in [0.1, 0.15) is 25.7 Å². The van der Waals surface area contributed by atoms with Crippen molar-refractivity contribution in [1.29, 1.82) is 0 Å². The zero-order chi connectivity index (χ0) is 11.0. The smallest absolute Gasteiger partial charge is 0.249 e. The van der Waals surface area contributed by atoms with Crippen molar-refractivity contribution in [3.05, 3.63) is 0 Å². The molecule has 2 saturated heterocycles. The summed E-state index contributed by atoms with van der Waals surface area (Å²) in [5.74, 6) is -1.55. The molecule has 0 aromatic heterocycles. The van der Waals surface area contributed by atoms with Gasteiger partial charge in [0.2, 0.25) is 23.6 Å². The van der Waals surface area contributed by atoms with Crippen molar-refractivity contribution in [2.24, 2.45) is 0 Å². The van der Waals surface area contributed by atoms with Gasteiger partial charge in [-0.3, -0.25) is 29.4 Å². The molecule has 0 unspecified atom stereocenters. The van der Waals surface area contributed by atoms with Gasteiger partial charge in [0.05, 0.1) is 0 Å². The van der Waals surface area contributed by atoms with E-state index in [4.69, 9.17) is 0 Å². The summed E-state index contributed by atoms with van der Waals surface area (Å²) in [4.78, 5) is 46.0. The number of hydrogen-bond acceptors (Lipinski definition) is 4. The highest BCUT2D eigenvalue weighted by molar-refractivity contribution is 6.08. The first-order valence-corrected chi connectivity index (χ1v) is 4.78. The molecule has 0 spiro atoms. The summed E-state index contributed by atoms with van der Waals surface area (Å²) in [5.41, 5.74) is 0. The maximum Gasteiger partial charge on any atom is 0.249 e. The number of imide groups is 2. The van der Waals surface area contributed by atoms with Gasteiger partial charge in [0.25, 0.3) is 0 Å². The number of nitrogens with one attached hydrogen (secondary N) is 1. The molecule has 15 heavy (non-hydrogen) atoms. The van der Waals surface area contributed by atoms with Gasteiger partial charge in [0, 0.05) is 19.3 Å². The first kappa shape index (κ1) is 9.82. The maximum absolute atomic E-state index is 11.4. The van der Waals surface area contributed by atoms with Crippen LogP contribution in [0.3, 0.4) is 0 Å². The fourth-order valence-electron chi connectivity index (χ4n) is 1.87. The Morgan fingerprint density at radius 3 is 2.13 bits per heavy atom. The highest BCUT2D eigenvalue weighted by atomic mass is 16.2. The van der Waals surface area contributed by atoms with Crippen LogP contribution < -0.4 is 5.32 Å². The van der Waals surface area contributed by atoms with E-state index in [0.29, 0.717) is 0 Å². The Morgan fingerprint density at radius 1 is 1.00 bits per heavy atom. The lowest BCUT2D eigenvalue weighted by Crippen LogP contribution is -2.54. The Kier molecular flexibility index (Phi) is 2.26. The Morgan fingerprint density at radius 2 is 1.60 bits per heavy atom. The van der Waals surface area contributed by atoms with Crippen LogP contribution in [0.5, 0.6) is 0 Å². The van der Waals surface area contributed by atoms with Crippen molar-refractivity contribution >= 4 is 23.6 Å². The zero-order valence-electron chi connectivity index (χ0n) is 7.99. The second kappa shape index (κ2) is 3.45. The third kappa shape index (κ3) is 1.62. The van der Waals surface area contributed by atoms with Gasteiger partial charge in [0.15, 0.2) is 0 Å². The predicted octanol–water partition coefficient (Wildman–Crippen LogP) is -1.06.